The summed E-state index contributed by atoms with van der Waals surface area (Å²) in [6, 6.07) is 3.21. The molecule has 2 rings (SSSR count). The summed E-state index contributed by atoms with van der Waals surface area (Å²) in [5.74, 6) is 0.959. The molecule has 0 bridgehead atoms. The number of aliphatic hydroxyl groups excluding tert-OH is 1. The number of piperidine rings is 1. The van der Waals surface area contributed by atoms with Gasteiger partial charge in [0.15, 0.2) is 0 Å². The van der Waals surface area contributed by atoms with Crippen molar-refractivity contribution in [2.45, 2.75) is 64.0 Å². The number of likely N-dealkylation sites (tertiary alicyclic amines) is 1. The Labute approximate surface area is 111 Å². The predicted molar refractivity (Wildman–Crippen MR) is 72.0 cm³/mol. The van der Waals surface area contributed by atoms with Crippen LogP contribution < -0.4 is 0 Å². The van der Waals surface area contributed by atoms with Crippen molar-refractivity contribution in [1.29, 1.82) is 5.26 Å². The first-order valence-corrected chi connectivity index (χ1v) is 7.56. The van der Waals surface area contributed by atoms with Crippen LogP contribution in [0.1, 0.15) is 51.9 Å². The molecule has 0 aromatic heterocycles. The molecule has 2 fully saturated rings. The highest BCUT2D eigenvalue weighted by Crippen LogP contribution is 2.36. The highest BCUT2D eigenvalue weighted by atomic mass is 16.3. The van der Waals surface area contributed by atoms with Crippen LogP contribution >= 0.6 is 0 Å². The van der Waals surface area contributed by atoms with Gasteiger partial charge in [0, 0.05) is 12.1 Å². The van der Waals surface area contributed by atoms with E-state index < -0.39 is 0 Å². The van der Waals surface area contributed by atoms with Gasteiger partial charge in [-0.25, -0.2) is 0 Å². The minimum atomic E-state index is 0.181. The summed E-state index contributed by atoms with van der Waals surface area (Å²) in [6.45, 7) is 3.59. The van der Waals surface area contributed by atoms with Crippen LogP contribution in [0.15, 0.2) is 0 Å². The quantitative estimate of drug-likeness (QED) is 0.837. The summed E-state index contributed by atoms with van der Waals surface area (Å²) in [5, 5.41) is 18.9. The van der Waals surface area contributed by atoms with Crippen LogP contribution in [0, 0.1) is 23.2 Å². The number of nitrogens with zero attached hydrogens (tertiary/aromatic N) is 2. The third kappa shape index (κ3) is 2.87. The van der Waals surface area contributed by atoms with Gasteiger partial charge in [-0.15, -0.1) is 0 Å². The molecule has 18 heavy (non-hydrogen) atoms. The minimum absolute atomic E-state index is 0.181. The molecule has 1 saturated heterocycles. The lowest BCUT2D eigenvalue weighted by atomic mass is 9.76. The molecular formula is C15H26N2O. The Morgan fingerprint density at radius 3 is 2.78 bits per heavy atom. The zero-order valence-electron chi connectivity index (χ0n) is 11.5. The summed E-state index contributed by atoms with van der Waals surface area (Å²) in [5.41, 5.74) is 0. The summed E-state index contributed by atoms with van der Waals surface area (Å²) < 4.78 is 0. The van der Waals surface area contributed by atoms with Gasteiger partial charge in [-0.2, -0.15) is 5.26 Å². The molecular weight excluding hydrogens is 224 g/mol. The highest BCUT2D eigenvalue weighted by Gasteiger charge is 2.37. The third-order valence-corrected chi connectivity index (χ3v) is 4.98. The van der Waals surface area contributed by atoms with Crippen molar-refractivity contribution in [2.75, 3.05) is 13.2 Å². The normalized spacial score (nSPS) is 38.3. The van der Waals surface area contributed by atoms with E-state index in [1.54, 1.807) is 0 Å². The van der Waals surface area contributed by atoms with Gasteiger partial charge in [0.2, 0.25) is 0 Å². The zero-order valence-corrected chi connectivity index (χ0v) is 11.5. The maximum atomic E-state index is 9.55. The van der Waals surface area contributed by atoms with E-state index in [2.05, 4.69) is 17.9 Å². The molecule has 0 aromatic rings. The molecule has 0 amide bonds. The Kier molecular flexibility index (Phi) is 5.03. The molecule has 0 spiro atoms. The summed E-state index contributed by atoms with van der Waals surface area (Å²) in [4.78, 5) is 2.46. The lowest BCUT2D eigenvalue weighted by molar-refractivity contribution is 0.0130. The second-order valence-electron chi connectivity index (χ2n) is 5.96. The fourth-order valence-electron chi connectivity index (χ4n) is 3.77. The van der Waals surface area contributed by atoms with Crippen molar-refractivity contribution in [3.63, 3.8) is 0 Å². The first kappa shape index (κ1) is 13.8. The first-order chi connectivity index (χ1) is 8.80. The maximum Gasteiger partial charge on any atom is 0.0672 e. The molecule has 1 N–H and O–H groups in total. The molecule has 3 nitrogen and oxygen atoms in total. The average molecular weight is 250 g/mol. The third-order valence-electron chi connectivity index (χ3n) is 4.98. The van der Waals surface area contributed by atoms with E-state index in [4.69, 9.17) is 0 Å². The molecule has 1 aliphatic carbocycles. The van der Waals surface area contributed by atoms with Gasteiger partial charge < -0.3 is 5.11 Å². The van der Waals surface area contributed by atoms with E-state index in [1.165, 1.54) is 25.7 Å². The molecule has 4 unspecified atom stereocenters. The van der Waals surface area contributed by atoms with Gasteiger partial charge in [-0.1, -0.05) is 19.8 Å². The second-order valence-corrected chi connectivity index (χ2v) is 5.96. The van der Waals surface area contributed by atoms with Crippen molar-refractivity contribution in [3.8, 4) is 6.07 Å². The van der Waals surface area contributed by atoms with E-state index in [-0.39, 0.29) is 12.5 Å². The lowest BCUT2D eigenvalue weighted by Crippen LogP contribution is -2.52. The van der Waals surface area contributed by atoms with Crippen LogP contribution in [0.5, 0.6) is 0 Å². The summed E-state index contributed by atoms with van der Waals surface area (Å²) in [6.07, 6.45) is 8.20. The van der Waals surface area contributed by atoms with Gasteiger partial charge >= 0.3 is 0 Å². The van der Waals surface area contributed by atoms with Gasteiger partial charge in [-0.3, -0.25) is 4.90 Å². The molecule has 102 valence electrons. The van der Waals surface area contributed by atoms with Gasteiger partial charge in [0.05, 0.1) is 18.6 Å². The Morgan fingerprint density at radius 2 is 2.11 bits per heavy atom. The number of rotatable bonds is 3. The van der Waals surface area contributed by atoms with Crippen LogP contribution in [-0.4, -0.2) is 35.2 Å². The monoisotopic (exact) mass is 250 g/mol. The topological polar surface area (TPSA) is 47.3 Å². The molecule has 1 aliphatic heterocycles. The standard InChI is InChI=1S/C15H26N2O/c1-2-12-6-7-13(10-16)15(9-12)17-8-4-3-5-14(17)11-18/h12-15,18H,2-9,11H2,1H3. The Balaban J connectivity index is 2.08. The van der Waals surface area contributed by atoms with Crippen LogP contribution in [0.25, 0.3) is 0 Å². The Bertz CT molecular complexity index is 299. The fraction of sp³-hybridized carbons (Fsp3) is 0.933. The van der Waals surface area contributed by atoms with Crippen LogP contribution in [0.3, 0.4) is 0 Å². The molecule has 3 heteroatoms. The Hall–Kier alpha value is -0.590. The van der Waals surface area contributed by atoms with E-state index in [1.807, 2.05) is 0 Å². The molecule has 0 radical (unpaired) electrons. The lowest BCUT2D eigenvalue weighted by Gasteiger charge is -2.45. The predicted octanol–water partition coefficient (Wildman–Crippen LogP) is 2.55. The smallest absolute Gasteiger partial charge is 0.0672 e. The maximum absolute atomic E-state index is 9.55. The van der Waals surface area contributed by atoms with E-state index >= 15 is 0 Å². The second kappa shape index (κ2) is 6.54. The van der Waals surface area contributed by atoms with Crippen LogP contribution in [-0.2, 0) is 0 Å². The zero-order chi connectivity index (χ0) is 13.0. The first-order valence-electron chi connectivity index (χ1n) is 7.56. The average Bonchev–Trinajstić information content (AvgIpc) is 2.46. The van der Waals surface area contributed by atoms with Crippen molar-refractivity contribution >= 4 is 0 Å². The minimum Gasteiger partial charge on any atom is -0.395 e. The van der Waals surface area contributed by atoms with Crippen molar-refractivity contribution in [3.05, 3.63) is 0 Å². The molecule has 1 heterocycles. The van der Waals surface area contributed by atoms with Crippen LogP contribution in [0.4, 0.5) is 0 Å². The summed E-state index contributed by atoms with van der Waals surface area (Å²) >= 11 is 0. The summed E-state index contributed by atoms with van der Waals surface area (Å²) in [7, 11) is 0. The molecule has 2 aliphatic rings. The fourth-order valence-corrected chi connectivity index (χ4v) is 3.77. The van der Waals surface area contributed by atoms with E-state index in [9.17, 15) is 10.4 Å². The largest absolute Gasteiger partial charge is 0.395 e. The SMILES string of the molecule is CCC1CCC(C#N)C(N2CCCCC2CO)C1. The van der Waals surface area contributed by atoms with Crippen molar-refractivity contribution < 1.29 is 5.11 Å². The number of nitriles is 1. The van der Waals surface area contributed by atoms with Gasteiger partial charge in [0.1, 0.15) is 0 Å². The molecule has 1 saturated carbocycles. The Morgan fingerprint density at radius 1 is 1.28 bits per heavy atom. The highest BCUT2D eigenvalue weighted by molar-refractivity contribution is 4.99. The van der Waals surface area contributed by atoms with E-state index in [0.29, 0.717) is 12.1 Å². The van der Waals surface area contributed by atoms with Crippen LogP contribution in [0.2, 0.25) is 0 Å². The number of hydrogen-bond donors (Lipinski definition) is 1. The van der Waals surface area contributed by atoms with Gasteiger partial charge in [0.25, 0.3) is 0 Å². The molecule has 4 atom stereocenters. The number of hydrogen-bond acceptors (Lipinski definition) is 3. The van der Waals surface area contributed by atoms with E-state index in [0.717, 1.165) is 31.7 Å². The number of aliphatic hydroxyl groups is 1. The van der Waals surface area contributed by atoms with Crippen molar-refractivity contribution in [1.82, 2.24) is 4.90 Å². The molecule has 0 aromatic carbocycles. The van der Waals surface area contributed by atoms with Crippen molar-refractivity contribution in [2.24, 2.45) is 11.8 Å². The van der Waals surface area contributed by atoms with Gasteiger partial charge in [-0.05, 0) is 44.6 Å².